The van der Waals surface area contributed by atoms with E-state index in [9.17, 15) is 4.39 Å². The molecule has 130 valence electrons. The highest BCUT2D eigenvalue weighted by Crippen LogP contribution is 2.23. The number of hydrogen-bond acceptors (Lipinski definition) is 3. The van der Waals surface area contributed by atoms with Gasteiger partial charge in [0.15, 0.2) is 5.11 Å². The molecule has 0 saturated carbocycles. The van der Waals surface area contributed by atoms with Crippen molar-refractivity contribution in [2.75, 3.05) is 25.6 Å². The van der Waals surface area contributed by atoms with Crippen LogP contribution in [0, 0.1) is 19.7 Å². The maximum absolute atomic E-state index is 13.2. The van der Waals surface area contributed by atoms with Crippen LogP contribution >= 0.6 is 23.8 Å². The van der Waals surface area contributed by atoms with E-state index in [1.807, 2.05) is 18.5 Å². The fourth-order valence-electron chi connectivity index (χ4n) is 2.27. The Bertz CT molecular complexity index is 735. The average molecular weight is 371 g/mol. The minimum Gasteiger partial charge on any atom is -0.383 e. The molecule has 0 spiro atoms. The largest absolute Gasteiger partial charge is 0.383 e. The van der Waals surface area contributed by atoms with Gasteiger partial charge in [-0.25, -0.2) is 4.39 Å². The van der Waals surface area contributed by atoms with Gasteiger partial charge in [-0.1, -0.05) is 17.7 Å². The molecule has 1 aromatic carbocycles. The standard InChI is InChI=1S/C16H20ClFN4OS/c1-10-15(20-16(24)19-6-7-23-3)11(2)22(21-10)9-12-4-5-13(18)8-14(12)17/h4-5,8H,6-7,9H2,1-3H3,(H2,19,20,24). The fraction of sp³-hybridized carbons (Fsp3) is 0.375. The second-order valence-corrected chi connectivity index (χ2v) is 6.13. The molecular weight excluding hydrogens is 351 g/mol. The molecule has 1 aromatic heterocycles. The first kappa shape index (κ1) is 18.6. The van der Waals surface area contributed by atoms with E-state index in [1.54, 1.807) is 13.2 Å². The SMILES string of the molecule is COCCNC(=S)Nc1c(C)nn(Cc2ccc(F)cc2Cl)c1C. The number of thiocarbonyl (C=S) groups is 1. The molecule has 2 rings (SSSR count). The van der Waals surface area contributed by atoms with E-state index in [0.29, 0.717) is 29.8 Å². The molecule has 0 bridgehead atoms. The van der Waals surface area contributed by atoms with Gasteiger partial charge in [0.25, 0.3) is 0 Å². The van der Waals surface area contributed by atoms with Crippen molar-refractivity contribution in [2.45, 2.75) is 20.4 Å². The highest BCUT2D eigenvalue weighted by molar-refractivity contribution is 7.80. The number of methoxy groups -OCH3 is 1. The molecule has 0 saturated heterocycles. The second-order valence-electron chi connectivity index (χ2n) is 5.31. The Morgan fingerprint density at radius 1 is 1.42 bits per heavy atom. The lowest BCUT2D eigenvalue weighted by atomic mass is 10.2. The molecule has 0 aliphatic carbocycles. The molecule has 0 aliphatic heterocycles. The fourth-order valence-corrected chi connectivity index (χ4v) is 2.70. The summed E-state index contributed by atoms with van der Waals surface area (Å²) >= 11 is 11.4. The lowest BCUT2D eigenvalue weighted by molar-refractivity contribution is 0.204. The minimum absolute atomic E-state index is 0.355. The Morgan fingerprint density at radius 2 is 2.17 bits per heavy atom. The highest BCUT2D eigenvalue weighted by Gasteiger charge is 2.14. The third-order valence-corrected chi connectivity index (χ3v) is 4.15. The number of halogens is 2. The molecule has 2 aromatic rings. The van der Waals surface area contributed by atoms with Gasteiger partial charge < -0.3 is 15.4 Å². The number of aromatic nitrogens is 2. The summed E-state index contributed by atoms with van der Waals surface area (Å²) in [7, 11) is 1.64. The van der Waals surface area contributed by atoms with Crippen molar-refractivity contribution in [2.24, 2.45) is 0 Å². The molecule has 0 unspecified atom stereocenters. The number of aryl methyl sites for hydroxylation is 1. The van der Waals surface area contributed by atoms with E-state index in [0.717, 1.165) is 22.6 Å². The first-order valence-electron chi connectivity index (χ1n) is 7.44. The summed E-state index contributed by atoms with van der Waals surface area (Å²) < 4.78 is 19.9. The van der Waals surface area contributed by atoms with Crippen LogP contribution in [0.25, 0.3) is 0 Å². The summed E-state index contributed by atoms with van der Waals surface area (Å²) in [5.41, 5.74) is 3.39. The summed E-state index contributed by atoms with van der Waals surface area (Å²) in [6.07, 6.45) is 0. The lowest BCUT2D eigenvalue weighted by Crippen LogP contribution is -2.31. The third kappa shape index (κ3) is 4.66. The third-order valence-electron chi connectivity index (χ3n) is 3.55. The number of hydrogen-bond donors (Lipinski definition) is 2. The van der Waals surface area contributed by atoms with Gasteiger partial charge in [-0.15, -0.1) is 0 Å². The molecule has 0 amide bonds. The van der Waals surface area contributed by atoms with E-state index < -0.39 is 0 Å². The zero-order valence-electron chi connectivity index (χ0n) is 13.8. The van der Waals surface area contributed by atoms with Crippen molar-refractivity contribution >= 4 is 34.6 Å². The number of benzene rings is 1. The van der Waals surface area contributed by atoms with E-state index in [1.165, 1.54) is 12.1 Å². The summed E-state index contributed by atoms with van der Waals surface area (Å²) in [4.78, 5) is 0. The summed E-state index contributed by atoms with van der Waals surface area (Å²) in [5.74, 6) is -0.355. The Balaban J connectivity index is 2.12. The Morgan fingerprint density at radius 3 is 2.83 bits per heavy atom. The van der Waals surface area contributed by atoms with Crippen LogP contribution in [0.15, 0.2) is 18.2 Å². The van der Waals surface area contributed by atoms with Crippen molar-refractivity contribution in [1.29, 1.82) is 0 Å². The van der Waals surface area contributed by atoms with Crippen LogP contribution in [0.2, 0.25) is 5.02 Å². The molecule has 2 N–H and O–H groups in total. The molecular formula is C16H20ClFN4OS. The smallest absolute Gasteiger partial charge is 0.170 e. The molecule has 24 heavy (non-hydrogen) atoms. The quantitative estimate of drug-likeness (QED) is 0.603. The molecule has 0 radical (unpaired) electrons. The van der Waals surface area contributed by atoms with Crippen LogP contribution in [0.3, 0.4) is 0 Å². The van der Waals surface area contributed by atoms with E-state index in [4.69, 9.17) is 28.6 Å². The van der Waals surface area contributed by atoms with Crippen molar-refractivity contribution in [3.05, 3.63) is 46.0 Å². The van der Waals surface area contributed by atoms with Gasteiger partial charge in [0.2, 0.25) is 0 Å². The van der Waals surface area contributed by atoms with Crippen LogP contribution in [0.5, 0.6) is 0 Å². The molecule has 8 heteroatoms. The van der Waals surface area contributed by atoms with E-state index in [-0.39, 0.29) is 5.82 Å². The van der Waals surface area contributed by atoms with Crippen LogP contribution in [0.4, 0.5) is 10.1 Å². The number of nitrogens with one attached hydrogen (secondary N) is 2. The lowest BCUT2D eigenvalue weighted by Gasteiger charge is -2.11. The number of nitrogens with zero attached hydrogens (tertiary/aromatic N) is 2. The van der Waals surface area contributed by atoms with Crippen LogP contribution in [-0.2, 0) is 11.3 Å². The first-order chi connectivity index (χ1) is 11.4. The zero-order chi connectivity index (χ0) is 17.7. The van der Waals surface area contributed by atoms with Crippen LogP contribution in [0.1, 0.15) is 17.0 Å². The van der Waals surface area contributed by atoms with Crippen molar-refractivity contribution in [1.82, 2.24) is 15.1 Å². The molecule has 1 heterocycles. The van der Waals surface area contributed by atoms with Gasteiger partial charge in [-0.3, -0.25) is 4.68 Å². The van der Waals surface area contributed by atoms with Gasteiger partial charge in [0.1, 0.15) is 5.82 Å². The van der Waals surface area contributed by atoms with Crippen molar-refractivity contribution in [3.63, 3.8) is 0 Å². The molecule has 5 nitrogen and oxygen atoms in total. The van der Waals surface area contributed by atoms with Gasteiger partial charge >= 0.3 is 0 Å². The Kier molecular flexibility index (Phi) is 6.53. The monoisotopic (exact) mass is 370 g/mol. The summed E-state index contributed by atoms with van der Waals surface area (Å²) in [6, 6.07) is 4.36. The zero-order valence-corrected chi connectivity index (χ0v) is 15.4. The number of rotatable bonds is 6. The number of anilines is 1. The predicted octanol–water partition coefficient (Wildman–Crippen LogP) is 3.27. The summed E-state index contributed by atoms with van der Waals surface area (Å²) in [6.45, 7) is 5.49. The second kappa shape index (κ2) is 8.41. The predicted molar refractivity (Wildman–Crippen MR) is 98.3 cm³/mol. The van der Waals surface area contributed by atoms with Gasteiger partial charge in [0, 0.05) is 18.7 Å². The maximum Gasteiger partial charge on any atom is 0.170 e. The average Bonchev–Trinajstić information content (AvgIpc) is 2.78. The Hall–Kier alpha value is -1.70. The maximum atomic E-state index is 13.2. The van der Waals surface area contributed by atoms with E-state index in [2.05, 4.69) is 15.7 Å². The highest BCUT2D eigenvalue weighted by atomic mass is 35.5. The molecule has 0 fully saturated rings. The molecule has 0 aliphatic rings. The van der Waals surface area contributed by atoms with Gasteiger partial charge in [-0.2, -0.15) is 5.10 Å². The minimum atomic E-state index is -0.355. The van der Waals surface area contributed by atoms with Gasteiger partial charge in [0.05, 0.1) is 30.2 Å². The Labute approximate surface area is 151 Å². The van der Waals surface area contributed by atoms with E-state index >= 15 is 0 Å². The van der Waals surface area contributed by atoms with Gasteiger partial charge in [-0.05, 0) is 43.8 Å². The summed E-state index contributed by atoms with van der Waals surface area (Å²) in [5, 5.41) is 11.6. The normalized spacial score (nSPS) is 10.7. The molecule has 0 atom stereocenters. The van der Waals surface area contributed by atoms with Crippen LogP contribution in [-0.4, -0.2) is 35.2 Å². The number of ether oxygens (including phenoxy) is 1. The van der Waals surface area contributed by atoms with Crippen molar-refractivity contribution < 1.29 is 9.13 Å². The first-order valence-corrected chi connectivity index (χ1v) is 8.22. The van der Waals surface area contributed by atoms with Crippen LogP contribution < -0.4 is 10.6 Å². The van der Waals surface area contributed by atoms with Crippen molar-refractivity contribution in [3.8, 4) is 0 Å². The topological polar surface area (TPSA) is 51.1 Å².